The highest BCUT2D eigenvalue weighted by atomic mass is 16.6. The fourth-order valence-electron chi connectivity index (χ4n) is 5.82. The third-order valence-electron chi connectivity index (χ3n) is 8.83. The molecule has 3 aromatic carbocycles. The minimum Gasteiger partial charge on any atom is -0.507 e. The van der Waals surface area contributed by atoms with Crippen LogP contribution in [-0.2, 0) is 23.9 Å². The normalized spacial score (nSPS) is 13.1. The zero-order valence-electron chi connectivity index (χ0n) is 31.1. The number of pyridine rings is 1. The van der Waals surface area contributed by atoms with Crippen LogP contribution in [-0.4, -0.2) is 59.3 Å². The van der Waals surface area contributed by atoms with Crippen LogP contribution in [0.3, 0.4) is 0 Å². The predicted molar refractivity (Wildman–Crippen MR) is 202 cm³/mol. The van der Waals surface area contributed by atoms with Crippen molar-refractivity contribution in [3.63, 3.8) is 0 Å². The van der Waals surface area contributed by atoms with Crippen LogP contribution < -0.4 is 15.5 Å². The fourth-order valence-corrected chi connectivity index (χ4v) is 5.82. The van der Waals surface area contributed by atoms with E-state index in [1.807, 2.05) is 81.4 Å². The smallest absolute Gasteiger partial charge is 0.416 e. The Kier molecular flexibility index (Phi) is 13.4. The number of aromatic nitrogens is 1. The molecule has 3 amide bonds. The molecule has 0 bridgehead atoms. The third kappa shape index (κ3) is 10.5. The summed E-state index contributed by atoms with van der Waals surface area (Å²) in [5.41, 5.74) is 2.72. The zero-order valence-corrected chi connectivity index (χ0v) is 31.1. The lowest BCUT2D eigenvalue weighted by Gasteiger charge is -2.28. The van der Waals surface area contributed by atoms with Crippen LogP contribution in [0.25, 0.3) is 21.9 Å². The van der Waals surface area contributed by atoms with Gasteiger partial charge >= 0.3 is 12.1 Å². The van der Waals surface area contributed by atoms with Crippen molar-refractivity contribution in [1.29, 1.82) is 0 Å². The lowest BCUT2D eigenvalue weighted by atomic mass is 9.94. The van der Waals surface area contributed by atoms with Gasteiger partial charge in [0, 0.05) is 24.5 Å². The Balaban J connectivity index is 1.47. The second-order valence-electron chi connectivity index (χ2n) is 14.0. The number of aryl methyl sites for hydroxylation is 1. The van der Waals surface area contributed by atoms with Crippen molar-refractivity contribution in [2.45, 2.75) is 84.9 Å². The van der Waals surface area contributed by atoms with Gasteiger partial charge in [-0.05, 0) is 85.9 Å². The molecule has 4 aromatic rings. The maximum Gasteiger partial charge on any atom is 0.416 e. The largest absolute Gasteiger partial charge is 0.507 e. The number of hydrogen-bond acceptors (Lipinski definition) is 8. The number of phenols is 1. The van der Waals surface area contributed by atoms with E-state index in [2.05, 4.69) is 15.6 Å². The first-order chi connectivity index (χ1) is 24.7. The minimum absolute atomic E-state index is 0.0460. The standard InChI is InChI=1S/C41H50N4O7/c1-8-27(3)38(44-36(47)14-11-23-45(40(50)52-41(4,5)6)35-24-26(2)21-22-42-35)39(49)43-33(25-37(48)51-7)29-17-15-28(16-18-29)30-19-20-34(46)32-13-10-9-12-31(30)32/h9-10,12-13,15-22,24,27,33,38,46H,8,11,14,23,25H2,1-7H3,(H,43,49)(H,44,47)/t27-,33-,38-/m0/s1. The Labute approximate surface area is 305 Å². The maximum absolute atomic E-state index is 13.8. The monoisotopic (exact) mass is 710 g/mol. The molecule has 11 heteroatoms. The summed E-state index contributed by atoms with van der Waals surface area (Å²) in [6.07, 6.45) is 1.89. The number of carbonyl (C=O) groups is 4. The lowest BCUT2D eigenvalue weighted by molar-refractivity contribution is -0.141. The Hall–Kier alpha value is -5.45. The number of nitrogens with one attached hydrogen (secondary N) is 2. The van der Waals surface area contributed by atoms with Crippen molar-refractivity contribution in [2.75, 3.05) is 18.6 Å². The number of fused-ring (bicyclic) bond motifs is 1. The van der Waals surface area contributed by atoms with Gasteiger partial charge in [0.25, 0.3) is 0 Å². The van der Waals surface area contributed by atoms with E-state index in [1.165, 1.54) is 12.0 Å². The van der Waals surface area contributed by atoms with Crippen LogP contribution >= 0.6 is 0 Å². The molecule has 0 spiro atoms. The molecule has 0 aliphatic rings. The maximum atomic E-state index is 13.8. The third-order valence-corrected chi connectivity index (χ3v) is 8.83. The molecule has 1 aromatic heterocycles. The number of methoxy groups -OCH3 is 1. The number of ether oxygens (including phenoxy) is 2. The molecule has 1 heterocycles. The SMILES string of the molecule is CC[C@H](C)[C@H](NC(=O)CCCN(C(=O)OC(C)(C)C)c1cc(C)ccn1)C(=O)N[C@@H](CC(=O)OC)c1ccc(-c2ccc(O)c3ccccc23)cc1. The van der Waals surface area contributed by atoms with Gasteiger partial charge in [-0.15, -0.1) is 0 Å². The van der Waals surface area contributed by atoms with E-state index in [1.54, 1.807) is 39.1 Å². The number of anilines is 1. The van der Waals surface area contributed by atoms with Crippen molar-refractivity contribution in [2.24, 2.45) is 5.92 Å². The number of nitrogens with zero attached hydrogens (tertiary/aromatic N) is 2. The van der Waals surface area contributed by atoms with Gasteiger partial charge in [0.15, 0.2) is 0 Å². The highest BCUT2D eigenvalue weighted by Gasteiger charge is 2.30. The summed E-state index contributed by atoms with van der Waals surface area (Å²) in [4.78, 5) is 58.5. The number of carbonyl (C=O) groups excluding carboxylic acids is 4. The van der Waals surface area contributed by atoms with Crippen molar-refractivity contribution < 1.29 is 33.8 Å². The van der Waals surface area contributed by atoms with E-state index in [9.17, 15) is 24.3 Å². The van der Waals surface area contributed by atoms with E-state index in [-0.39, 0.29) is 37.0 Å². The molecule has 52 heavy (non-hydrogen) atoms. The lowest BCUT2D eigenvalue weighted by Crippen LogP contribution is -2.51. The molecule has 4 rings (SSSR count). The van der Waals surface area contributed by atoms with Crippen LogP contribution in [0, 0.1) is 12.8 Å². The Morgan fingerprint density at radius 1 is 0.942 bits per heavy atom. The number of aromatic hydroxyl groups is 1. The van der Waals surface area contributed by atoms with Gasteiger partial charge in [0.2, 0.25) is 11.8 Å². The molecule has 0 radical (unpaired) electrons. The first-order valence-corrected chi connectivity index (χ1v) is 17.6. The number of hydrogen-bond donors (Lipinski definition) is 3. The van der Waals surface area contributed by atoms with Crippen molar-refractivity contribution in [1.82, 2.24) is 15.6 Å². The van der Waals surface area contributed by atoms with Gasteiger partial charge in [-0.3, -0.25) is 19.3 Å². The number of phenolic OH excluding ortho intramolecular Hbond substituents is 1. The Bertz CT molecular complexity index is 1870. The van der Waals surface area contributed by atoms with Gasteiger partial charge in [-0.2, -0.15) is 0 Å². The number of rotatable bonds is 14. The molecule has 3 N–H and O–H groups in total. The average Bonchev–Trinajstić information content (AvgIpc) is 3.11. The van der Waals surface area contributed by atoms with Gasteiger partial charge in [0.05, 0.1) is 19.6 Å². The summed E-state index contributed by atoms with van der Waals surface area (Å²) >= 11 is 0. The minimum atomic E-state index is -0.874. The average molecular weight is 711 g/mol. The Morgan fingerprint density at radius 2 is 1.63 bits per heavy atom. The molecule has 0 saturated carbocycles. The van der Waals surface area contributed by atoms with Gasteiger partial charge < -0.3 is 25.2 Å². The summed E-state index contributed by atoms with van der Waals surface area (Å²) in [5.74, 6) is -0.876. The van der Waals surface area contributed by atoms with Gasteiger partial charge in [-0.25, -0.2) is 9.78 Å². The molecule has 276 valence electrons. The van der Waals surface area contributed by atoms with E-state index in [0.717, 1.165) is 27.5 Å². The van der Waals surface area contributed by atoms with Crippen LogP contribution in [0.4, 0.5) is 10.6 Å². The second-order valence-corrected chi connectivity index (χ2v) is 14.0. The highest BCUT2D eigenvalue weighted by Crippen LogP contribution is 2.34. The molecule has 0 aliphatic heterocycles. The summed E-state index contributed by atoms with van der Waals surface area (Å²) in [6, 6.07) is 20.6. The van der Waals surface area contributed by atoms with Crippen LogP contribution in [0.1, 0.15) is 77.5 Å². The van der Waals surface area contributed by atoms with E-state index < -0.39 is 35.7 Å². The first kappa shape index (κ1) is 39.3. The van der Waals surface area contributed by atoms with Crippen molar-refractivity contribution >= 4 is 40.5 Å². The molecule has 0 aliphatic carbocycles. The van der Waals surface area contributed by atoms with Gasteiger partial charge in [0.1, 0.15) is 23.2 Å². The summed E-state index contributed by atoms with van der Waals surface area (Å²) in [5, 5.41) is 17.9. The van der Waals surface area contributed by atoms with Crippen LogP contribution in [0.5, 0.6) is 5.75 Å². The molecule has 0 fully saturated rings. The number of esters is 1. The zero-order chi connectivity index (χ0) is 38.0. The van der Waals surface area contributed by atoms with Crippen LogP contribution in [0.2, 0.25) is 0 Å². The number of amides is 3. The summed E-state index contributed by atoms with van der Waals surface area (Å²) in [7, 11) is 1.29. The van der Waals surface area contributed by atoms with Crippen LogP contribution in [0.15, 0.2) is 79.0 Å². The Morgan fingerprint density at radius 3 is 2.27 bits per heavy atom. The van der Waals surface area contributed by atoms with E-state index in [0.29, 0.717) is 24.2 Å². The number of benzene rings is 3. The second kappa shape index (κ2) is 17.7. The quantitative estimate of drug-likeness (QED) is 0.115. The molecule has 0 unspecified atom stereocenters. The first-order valence-electron chi connectivity index (χ1n) is 17.6. The van der Waals surface area contributed by atoms with E-state index in [4.69, 9.17) is 9.47 Å². The van der Waals surface area contributed by atoms with E-state index >= 15 is 0 Å². The predicted octanol–water partition coefficient (Wildman–Crippen LogP) is 7.39. The van der Waals surface area contributed by atoms with Crippen molar-refractivity contribution in [3.05, 3.63) is 90.1 Å². The molecule has 11 nitrogen and oxygen atoms in total. The molecular formula is C41H50N4O7. The summed E-state index contributed by atoms with van der Waals surface area (Å²) < 4.78 is 10.6. The topological polar surface area (TPSA) is 147 Å². The van der Waals surface area contributed by atoms with Gasteiger partial charge in [-0.1, -0.05) is 74.9 Å². The molecule has 3 atom stereocenters. The summed E-state index contributed by atoms with van der Waals surface area (Å²) in [6.45, 7) is 11.2. The fraction of sp³-hybridized carbons (Fsp3) is 0.390. The highest BCUT2D eigenvalue weighted by molar-refractivity contribution is 6.00. The molecular weight excluding hydrogens is 660 g/mol. The van der Waals surface area contributed by atoms with Crippen molar-refractivity contribution in [3.8, 4) is 16.9 Å². The molecule has 0 saturated heterocycles.